The van der Waals surface area contributed by atoms with Gasteiger partial charge in [-0.3, -0.25) is 14.8 Å². The van der Waals surface area contributed by atoms with Crippen molar-refractivity contribution in [3.05, 3.63) is 33.9 Å². The van der Waals surface area contributed by atoms with Crippen LogP contribution < -0.4 is 9.44 Å². The Kier molecular flexibility index (Phi) is 3.83. The molecule has 10 heteroatoms. The van der Waals surface area contributed by atoms with Crippen LogP contribution in [0.25, 0.3) is 0 Å². The van der Waals surface area contributed by atoms with Crippen molar-refractivity contribution in [3.63, 3.8) is 0 Å². The van der Waals surface area contributed by atoms with E-state index in [4.69, 9.17) is 5.11 Å². The topological polar surface area (TPSA) is 139 Å². The van der Waals surface area contributed by atoms with Crippen molar-refractivity contribution in [1.82, 2.24) is 4.72 Å². The van der Waals surface area contributed by atoms with E-state index in [2.05, 4.69) is 0 Å². The van der Waals surface area contributed by atoms with E-state index in [1.54, 1.807) is 0 Å². The molecule has 0 radical (unpaired) electrons. The van der Waals surface area contributed by atoms with E-state index < -0.39 is 32.4 Å². The maximum absolute atomic E-state index is 11.2. The monoisotopic (exact) mass is 275 g/mol. The molecule has 0 saturated heterocycles. The van der Waals surface area contributed by atoms with Gasteiger partial charge in [0.15, 0.2) is 0 Å². The van der Waals surface area contributed by atoms with Crippen LogP contribution in [0, 0.1) is 10.1 Å². The molecule has 0 heterocycles. The molecule has 0 saturated carbocycles. The van der Waals surface area contributed by atoms with Crippen molar-refractivity contribution in [2.24, 2.45) is 0 Å². The zero-order chi connectivity index (χ0) is 13.9. The number of nitrogens with one attached hydrogen (secondary N) is 2. The Labute approximate surface area is 102 Å². The number of rotatable bonds is 5. The van der Waals surface area contributed by atoms with E-state index in [0.29, 0.717) is 0 Å². The average Bonchev–Trinajstić information content (AvgIpc) is 2.28. The van der Waals surface area contributed by atoms with E-state index in [1.165, 1.54) is 0 Å². The van der Waals surface area contributed by atoms with E-state index in [1.807, 2.05) is 9.44 Å². The lowest BCUT2D eigenvalue weighted by Crippen LogP contribution is -2.27. The average molecular weight is 275 g/mol. The number of hydrogen-bond donors (Lipinski definition) is 3. The van der Waals surface area contributed by atoms with Gasteiger partial charge in [-0.05, 0) is 6.07 Å². The summed E-state index contributed by atoms with van der Waals surface area (Å²) >= 11 is 0. The van der Waals surface area contributed by atoms with Crippen LogP contribution in [0.1, 0.15) is 10.4 Å². The normalized spacial score (nSPS) is 10.9. The Bertz CT molecular complexity index is 597. The van der Waals surface area contributed by atoms with Crippen molar-refractivity contribution in [2.45, 2.75) is 0 Å². The number of non-ortho nitro benzene ring substituents is 1. The fourth-order valence-corrected chi connectivity index (χ4v) is 1.68. The lowest BCUT2D eigenvalue weighted by molar-refractivity contribution is -0.384. The van der Waals surface area contributed by atoms with Crippen molar-refractivity contribution in [3.8, 4) is 0 Å². The molecular weight excluding hydrogens is 266 g/mol. The summed E-state index contributed by atoms with van der Waals surface area (Å²) in [6.07, 6.45) is 0. The minimum atomic E-state index is -3.89. The maximum atomic E-state index is 11.2. The Morgan fingerprint density at radius 3 is 2.50 bits per heavy atom. The van der Waals surface area contributed by atoms with Gasteiger partial charge in [0.2, 0.25) is 0 Å². The first-order valence-corrected chi connectivity index (χ1v) is 5.98. The number of anilines is 1. The summed E-state index contributed by atoms with van der Waals surface area (Å²) < 4.78 is 26.3. The molecule has 0 aromatic heterocycles. The number of carboxylic acids is 1. The van der Waals surface area contributed by atoms with Crippen molar-refractivity contribution >= 4 is 27.6 Å². The molecule has 1 aromatic rings. The first-order chi connectivity index (χ1) is 8.26. The number of hydrogen-bond acceptors (Lipinski definition) is 5. The third-order valence-corrected chi connectivity index (χ3v) is 2.98. The second-order valence-corrected chi connectivity index (χ2v) is 4.72. The minimum Gasteiger partial charge on any atom is -0.478 e. The third kappa shape index (κ3) is 3.15. The number of nitrogens with zero attached hydrogens (tertiary/aromatic N) is 1. The van der Waals surface area contributed by atoms with Crippen LogP contribution in [0.3, 0.4) is 0 Å². The Morgan fingerprint density at radius 2 is 2.06 bits per heavy atom. The summed E-state index contributed by atoms with van der Waals surface area (Å²) in [5.41, 5.74) is -1.22. The number of carboxylic acid groups (broad SMARTS) is 1. The molecule has 0 atom stereocenters. The van der Waals surface area contributed by atoms with Gasteiger partial charge in [0.05, 0.1) is 16.2 Å². The van der Waals surface area contributed by atoms with Crippen LogP contribution in [0.2, 0.25) is 0 Å². The molecule has 18 heavy (non-hydrogen) atoms. The number of nitro groups is 1. The minimum absolute atomic E-state index is 0.262. The Hall–Kier alpha value is -2.20. The van der Waals surface area contributed by atoms with Crippen molar-refractivity contribution in [2.75, 3.05) is 11.8 Å². The summed E-state index contributed by atoms with van der Waals surface area (Å²) in [6.45, 7) is 0. The van der Waals surface area contributed by atoms with Gasteiger partial charge in [-0.25, -0.2) is 9.52 Å². The van der Waals surface area contributed by atoms with Gasteiger partial charge in [0, 0.05) is 19.2 Å². The smallest absolute Gasteiger partial charge is 0.338 e. The standard InChI is InChI=1S/C8H9N3O6S/c1-9-18(16,17)10-7-3-2-5(11(14)15)4-6(7)8(12)13/h2-4,9-10H,1H3,(H,12,13). The molecule has 0 fully saturated rings. The summed E-state index contributed by atoms with van der Waals surface area (Å²) in [7, 11) is -2.76. The number of nitro benzene ring substituents is 1. The number of aromatic carboxylic acids is 1. The van der Waals surface area contributed by atoms with Gasteiger partial charge in [-0.15, -0.1) is 0 Å². The molecule has 1 rings (SSSR count). The molecule has 0 aliphatic rings. The van der Waals surface area contributed by atoms with E-state index in [9.17, 15) is 23.3 Å². The SMILES string of the molecule is CNS(=O)(=O)Nc1ccc([N+](=O)[O-])cc1C(=O)O. The predicted octanol–water partition coefficient (Wildman–Crippen LogP) is 0.169. The Balaban J connectivity index is 3.29. The number of carbonyl (C=O) groups is 1. The van der Waals surface area contributed by atoms with Crippen LogP contribution in [-0.2, 0) is 10.2 Å². The molecule has 0 unspecified atom stereocenters. The largest absolute Gasteiger partial charge is 0.478 e. The van der Waals surface area contributed by atoms with E-state index in [0.717, 1.165) is 25.2 Å². The van der Waals surface area contributed by atoms with E-state index >= 15 is 0 Å². The second kappa shape index (κ2) is 4.98. The molecule has 0 amide bonds. The third-order valence-electron chi connectivity index (χ3n) is 1.96. The van der Waals surface area contributed by atoms with Crippen LogP contribution >= 0.6 is 0 Å². The zero-order valence-electron chi connectivity index (χ0n) is 9.08. The summed E-state index contributed by atoms with van der Waals surface area (Å²) in [5, 5.41) is 19.4. The highest BCUT2D eigenvalue weighted by Gasteiger charge is 2.18. The zero-order valence-corrected chi connectivity index (χ0v) is 9.89. The molecular formula is C8H9N3O6S. The molecule has 3 N–H and O–H groups in total. The molecule has 0 spiro atoms. The second-order valence-electron chi connectivity index (χ2n) is 3.10. The summed E-state index contributed by atoms with van der Waals surface area (Å²) in [5.74, 6) is -1.48. The summed E-state index contributed by atoms with van der Waals surface area (Å²) in [6, 6.07) is 2.78. The van der Waals surface area contributed by atoms with Gasteiger partial charge in [0.25, 0.3) is 15.9 Å². The van der Waals surface area contributed by atoms with E-state index in [-0.39, 0.29) is 5.69 Å². The molecule has 0 aliphatic carbocycles. The fraction of sp³-hybridized carbons (Fsp3) is 0.125. The first kappa shape index (κ1) is 13.9. The molecule has 98 valence electrons. The Morgan fingerprint density at radius 1 is 1.44 bits per heavy atom. The van der Waals surface area contributed by atoms with Crippen molar-refractivity contribution < 1.29 is 23.2 Å². The van der Waals surface area contributed by atoms with Gasteiger partial charge < -0.3 is 5.11 Å². The van der Waals surface area contributed by atoms with Crippen molar-refractivity contribution in [1.29, 1.82) is 0 Å². The lowest BCUT2D eigenvalue weighted by Gasteiger charge is -2.08. The molecule has 0 aliphatic heterocycles. The van der Waals surface area contributed by atoms with Gasteiger partial charge >= 0.3 is 5.97 Å². The quantitative estimate of drug-likeness (QED) is 0.517. The fourth-order valence-electron chi connectivity index (χ4n) is 1.11. The maximum Gasteiger partial charge on any atom is 0.338 e. The highest BCUT2D eigenvalue weighted by molar-refractivity contribution is 7.90. The van der Waals surface area contributed by atoms with Crippen LogP contribution in [0.15, 0.2) is 18.2 Å². The van der Waals surface area contributed by atoms with Crippen LogP contribution in [0.5, 0.6) is 0 Å². The van der Waals surface area contributed by atoms with Gasteiger partial charge in [0.1, 0.15) is 0 Å². The van der Waals surface area contributed by atoms with Crippen LogP contribution in [-0.4, -0.2) is 31.5 Å². The molecule has 1 aromatic carbocycles. The molecule has 0 bridgehead atoms. The first-order valence-electron chi connectivity index (χ1n) is 4.50. The predicted molar refractivity (Wildman–Crippen MR) is 61.7 cm³/mol. The molecule has 9 nitrogen and oxygen atoms in total. The van der Waals surface area contributed by atoms with Gasteiger partial charge in [-0.2, -0.15) is 8.42 Å². The van der Waals surface area contributed by atoms with Gasteiger partial charge in [-0.1, -0.05) is 0 Å². The van der Waals surface area contributed by atoms with Crippen LogP contribution in [0.4, 0.5) is 11.4 Å². The number of benzene rings is 1. The summed E-state index contributed by atoms with van der Waals surface area (Å²) in [4.78, 5) is 20.6. The highest BCUT2D eigenvalue weighted by Crippen LogP contribution is 2.22. The lowest BCUT2D eigenvalue weighted by atomic mass is 10.1. The highest BCUT2D eigenvalue weighted by atomic mass is 32.2.